The average molecular weight is 375 g/mol. The largest absolute Gasteiger partial charge is 0.327 e. The van der Waals surface area contributed by atoms with E-state index in [1.165, 1.54) is 15.5 Å². The van der Waals surface area contributed by atoms with E-state index >= 15 is 0 Å². The van der Waals surface area contributed by atoms with Crippen LogP contribution >= 0.6 is 34.2 Å². The Morgan fingerprint density at radius 2 is 2.22 bits per heavy atom. The third-order valence-electron chi connectivity index (χ3n) is 4.03. The van der Waals surface area contributed by atoms with Crippen molar-refractivity contribution in [2.45, 2.75) is 32.7 Å². The van der Waals surface area contributed by atoms with Gasteiger partial charge in [-0.25, -0.2) is 4.98 Å². The van der Waals surface area contributed by atoms with Crippen molar-refractivity contribution in [1.82, 2.24) is 9.55 Å². The van der Waals surface area contributed by atoms with Gasteiger partial charge in [0.25, 0.3) is 0 Å². The Labute approximate surface area is 126 Å². The predicted octanol–water partition coefficient (Wildman–Crippen LogP) is 4.43. The summed E-state index contributed by atoms with van der Waals surface area (Å²) in [5.74, 6) is 2.24. The number of halogens is 2. The smallest absolute Gasteiger partial charge is 0.124 e. The quantitative estimate of drug-likeness (QED) is 0.574. The van der Waals surface area contributed by atoms with E-state index in [9.17, 15) is 0 Å². The molecule has 0 radical (unpaired) electrons. The van der Waals surface area contributed by atoms with Crippen molar-refractivity contribution in [2.75, 3.05) is 0 Å². The van der Waals surface area contributed by atoms with Crippen LogP contribution in [0.1, 0.15) is 26.1 Å². The Hall–Kier alpha value is -0.290. The first kappa shape index (κ1) is 12.7. The summed E-state index contributed by atoms with van der Waals surface area (Å²) < 4.78 is 3.52. The van der Waals surface area contributed by atoms with Gasteiger partial charge in [-0.2, -0.15) is 0 Å². The first-order valence-electron chi connectivity index (χ1n) is 6.22. The molecule has 0 spiro atoms. The number of alkyl halides is 1. The van der Waals surface area contributed by atoms with Crippen LogP contribution in [0.3, 0.4) is 0 Å². The molecule has 0 saturated heterocycles. The van der Waals surface area contributed by atoms with Crippen molar-refractivity contribution in [3.63, 3.8) is 0 Å². The zero-order chi connectivity index (χ0) is 12.9. The molecule has 1 aliphatic carbocycles. The SMILES string of the molecule is CC1(C)CC1Cn1c(CCl)nc2cc(I)ccc21. The summed E-state index contributed by atoms with van der Waals surface area (Å²) in [5, 5.41) is 0. The molecule has 1 saturated carbocycles. The summed E-state index contributed by atoms with van der Waals surface area (Å²) in [7, 11) is 0. The third kappa shape index (κ3) is 2.16. The first-order valence-corrected chi connectivity index (χ1v) is 7.83. The molecule has 0 bridgehead atoms. The number of hydrogen-bond donors (Lipinski definition) is 0. The average Bonchev–Trinajstić information content (AvgIpc) is 2.77. The molecule has 4 heteroatoms. The predicted molar refractivity (Wildman–Crippen MR) is 83.9 cm³/mol. The summed E-state index contributed by atoms with van der Waals surface area (Å²) in [6.07, 6.45) is 1.30. The third-order valence-corrected chi connectivity index (χ3v) is 4.94. The number of imidazole rings is 1. The highest BCUT2D eigenvalue weighted by molar-refractivity contribution is 14.1. The van der Waals surface area contributed by atoms with Crippen molar-refractivity contribution in [1.29, 1.82) is 0 Å². The van der Waals surface area contributed by atoms with E-state index in [0.29, 0.717) is 11.3 Å². The molecule has 96 valence electrons. The van der Waals surface area contributed by atoms with Gasteiger partial charge in [0, 0.05) is 10.1 Å². The molecule has 0 N–H and O–H groups in total. The fraction of sp³-hybridized carbons (Fsp3) is 0.500. The lowest BCUT2D eigenvalue weighted by Gasteiger charge is -2.09. The van der Waals surface area contributed by atoms with Crippen molar-refractivity contribution < 1.29 is 0 Å². The lowest BCUT2D eigenvalue weighted by atomic mass is 10.1. The van der Waals surface area contributed by atoms with E-state index < -0.39 is 0 Å². The van der Waals surface area contributed by atoms with E-state index in [-0.39, 0.29) is 0 Å². The van der Waals surface area contributed by atoms with Crippen LogP contribution < -0.4 is 0 Å². The van der Waals surface area contributed by atoms with E-state index in [1.807, 2.05) is 0 Å². The molecule has 0 aliphatic heterocycles. The molecule has 3 rings (SSSR count). The van der Waals surface area contributed by atoms with Crippen LogP contribution in [0.2, 0.25) is 0 Å². The van der Waals surface area contributed by atoms with E-state index in [1.54, 1.807) is 0 Å². The van der Waals surface area contributed by atoms with Crippen LogP contribution in [-0.2, 0) is 12.4 Å². The maximum absolute atomic E-state index is 6.03. The van der Waals surface area contributed by atoms with Gasteiger partial charge in [-0.15, -0.1) is 11.6 Å². The summed E-state index contributed by atoms with van der Waals surface area (Å²) >= 11 is 8.36. The van der Waals surface area contributed by atoms with Crippen LogP contribution in [-0.4, -0.2) is 9.55 Å². The number of benzene rings is 1. The second-order valence-corrected chi connectivity index (χ2v) is 7.31. The molecule has 1 aromatic heterocycles. The van der Waals surface area contributed by atoms with Gasteiger partial charge in [-0.1, -0.05) is 13.8 Å². The molecule has 1 unspecified atom stereocenters. The fourth-order valence-electron chi connectivity index (χ4n) is 2.57. The highest BCUT2D eigenvalue weighted by Gasteiger charge is 2.45. The number of hydrogen-bond acceptors (Lipinski definition) is 1. The molecule has 2 aromatic rings. The Balaban J connectivity index is 2.03. The van der Waals surface area contributed by atoms with Crippen LogP contribution in [0, 0.1) is 14.9 Å². The Morgan fingerprint density at radius 1 is 1.50 bits per heavy atom. The Kier molecular flexibility index (Phi) is 3.09. The van der Waals surface area contributed by atoms with Crippen molar-refractivity contribution >= 4 is 45.2 Å². The second-order valence-electron chi connectivity index (χ2n) is 5.79. The molecule has 1 heterocycles. The van der Waals surface area contributed by atoms with E-state index in [2.05, 4.69) is 64.2 Å². The molecule has 1 aromatic carbocycles. The van der Waals surface area contributed by atoms with Crippen molar-refractivity contribution in [2.24, 2.45) is 11.3 Å². The maximum Gasteiger partial charge on any atom is 0.124 e. The molecule has 18 heavy (non-hydrogen) atoms. The number of rotatable bonds is 3. The molecule has 1 fully saturated rings. The van der Waals surface area contributed by atoms with Crippen LogP contribution in [0.15, 0.2) is 18.2 Å². The number of aromatic nitrogens is 2. The van der Waals surface area contributed by atoms with Gasteiger partial charge in [-0.3, -0.25) is 0 Å². The van der Waals surface area contributed by atoms with E-state index in [4.69, 9.17) is 11.6 Å². The highest BCUT2D eigenvalue weighted by Crippen LogP contribution is 2.52. The summed E-state index contributed by atoms with van der Waals surface area (Å²) in [6, 6.07) is 6.42. The number of nitrogens with zero attached hydrogens (tertiary/aromatic N) is 2. The molecule has 2 nitrogen and oxygen atoms in total. The van der Waals surface area contributed by atoms with Gasteiger partial charge >= 0.3 is 0 Å². The molecule has 1 aliphatic rings. The van der Waals surface area contributed by atoms with Crippen LogP contribution in [0.5, 0.6) is 0 Å². The fourth-order valence-corrected chi connectivity index (χ4v) is 3.25. The lowest BCUT2D eigenvalue weighted by Crippen LogP contribution is -2.06. The molecule has 0 amide bonds. The molecular formula is C14H16ClIN2. The van der Waals surface area contributed by atoms with Crippen LogP contribution in [0.4, 0.5) is 0 Å². The van der Waals surface area contributed by atoms with Crippen molar-refractivity contribution in [3.8, 4) is 0 Å². The summed E-state index contributed by atoms with van der Waals surface area (Å²) in [5.41, 5.74) is 2.77. The van der Waals surface area contributed by atoms with Gasteiger partial charge in [0.05, 0.1) is 16.9 Å². The minimum Gasteiger partial charge on any atom is -0.327 e. The zero-order valence-electron chi connectivity index (χ0n) is 10.6. The lowest BCUT2D eigenvalue weighted by molar-refractivity contribution is 0.498. The normalized spacial score (nSPS) is 21.4. The van der Waals surface area contributed by atoms with Gasteiger partial charge in [0.15, 0.2) is 0 Å². The maximum atomic E-state index is 6.03. The second kappa shape index (κ2) is 4.37. The first-order chi connectivity index (χ1) is 8.51. The summed E-state index contributed by atoms with van der Waals surface area (Å²) in [6.45, 7) is 5.71. The Morgan fingerprint density at radius 3 is 2.83 bits per heavy atom. The van der Waals surface area contributed by atoms with Gasteiger partial charge in [-0.05, 0) is 58.5 Å². The minimum absolute atomic E-state index is 0.485. The van der Waals surface area contributed by atoms with Crippen LogP contribution in [0.25, 0.3) is 11.0 Å². The van der Waals surface area contributed by atoms with E-state index in [0.717, 1.165) is 23.8 Å². The standard InChI is InChI=1S/C14H16ClIN2/c1-14(2)6-9(14)8-18-12-4-3-10(16)5-11(12)17-13(18)7-15/h3-5,9H,6-8H2,1-2H3. The van der Waals surface area contributed by atoms with Gasteiger partial charge in [0.1, 0.15) is 5.82 Å². The highest BCUT2D eigenvalue weighted by atomic mass is 127. The van der Waals surface area contributed by atoms with Gasteiger partial charge in [0.2, 0.25) is 0 Å². The molecule has 1 atom stereocenters. The minimum atomic E-state index is 0.485. The topological polar surface area (TPSA) is 17.8 Å². The molecular weight excluding hydrogens is 359 g/mol. The number of fused-ring (bicyclic) bond motifs is 1. The van der Waals surface area contributed by atoms with Gasteiger partial charge < -0.3 is 4.57 Å². The zero-order valence-corrected chi connectivity index (χ0v) is 13.5. The monoisotopic (exact) mass is 374 g/mol. The van der Waals surface area contributed by atoms with Crippen molar-refractivity contribution in [3.05, 3.63) is 27.6 Å². The summed E-state index contributed by atoms with van der Waals surface area (Å²) in [4.78, 5) is 4.65. The Bertz CT molecular complexity index is 603.